The third-order valence-corrected chi connectivity index (χ3v) is 2.30. The van der Waals surface area contributed by atoms with Crippen molar-refractivity contribution in [2.45, 2.75) is 31.8 Å². The summed E-state index contributed by atoms with van der Waals surface area (Å²) in [7, 11) is 0. The van der Waals surface area contributed by atoms with E-state index in [1.807, 2.05) is 0 Å². The van der Waals surface area contributed by atoms with Crippen LogP contribution < -0.4 is 0 Å². The van der Waals surface area contributed by atoms with E-state index in [1.165, 1.54) is 0 Å². The molecule has 0 unspecified atom stereocenters. The molecular formula is C10H15NO2. The van der Waals surface area contributed by atoms with E-state index in [0.29, 0.717) is 38.8 Å². The molecule has 0 spiro atoms. The van der Waals surface area contributed by atoms with Gasteiger partial charge in [0.25, 0.3) is 0 Å². The molecule has 1 aliphatic rings. The number of amides is 1. The molecule has 13 heavy (non-hydrogen) atoms. The summed E-state index contributed by atoms with van der Waals surface area (Å²) in [6.07, 6.45) is 7.18. The average molecular weight is 181 g/mol. The van der Waals surface area contributed by atoms with Crippen LogP contribution in [0.2, 0.25) is 0 Å². The summed E-state index contributed by atoms with van der Waals surface area (Å²) in [6.45, 7) is 1.34. The second-order valence-electron chi connectivity index (χ2n) is 3.32. The van der Waals surface area contributed by atoms with E-state index >= 15 is 0 Å². The van der Waals surface area contributed by atoms with Gasteiger partial charge in [0.1, 0.15) is 0 Å². The highest BCUT2D eigenvalue weighted by Crippen LogP contribution is 2.11. The minimum Gasteiger partial charge on any atom is -0.393 e. The van der Waals surface area contributed by atoms with Crippen LogP contribution in [-0.4, -0.2) is 35.1 Å². The Labute approximate surface area is 78.7 Å². The molecule has 3 nitrogen and oxygen atoms in total. The maximum Gasteiger partial charge on any atom is 0.223 e. The van der Waals surface area contributed by atoms with Crippen LogP contribution in [0.5, 0.6) is 0 Å². The van der Waals surface area contributed by atoms with Crippen LogP contribution in [0.25, 0.3) is 0 Å². The minimum atomic E-state index is -0.225. The molecule has 1 heterocycles. The molecule has 72 valence electrons. The molecule has 1 N–H and O–H groups in total. The van der Waals surface area contributed by atoms with Gasteiger partial charge in [0, 0.05) is 25.9 Å². The lowest BCUT2D eigenvalue weighted by atomic mass is 10.1. The van der Waals surface area contributed by atoms with Crippen molar-refractivity contribution in [2.24, 2.45) is 0 Å². The van der Waals surface area contributed by atoms with Crippen molar-refractivity contribution in [3.8, 4) is 12.3 Å². The number of rotatable bonds is 2. The number of nitrogens with zero attached hydrogens (tertiary/aromatic N) is 1. The number of aliphatic hydroxyl groups is 1. The predicted octanol–water partition coefficient (Wildman–Crippen LogP) is 0.383. The Morgan fingerprint density at radius 1 is 1.54 bits per heavy atom. The van der Waals surface area contributed by atoms with Crippen LogP contribution >= 0.6 is 0 Å². The van der Waals surface area contributed by atoms with Gasteiger partial charge in [0.05, 0.1) is 6.10 Å². The number of carbonyl (C=O) groups is 1. The van der Waals surface area contributed by atoms with E-state index in [-0.39, 0.29) is 12.0 Å². The summed E-state index contributed by atoms with van der Waals surface area (Å²) in [4.78, 5) is 13.2. The fourth-order valence-corrected chi connectivity index (χ4v) is 1.45. The predicted molar refractivity (Wildman–Crippen MR) is 49.9 cm³/mol. The van der Waals surface area contributed by atoms with E-state index in [2.05, 4.69) is 5.92 Å². The van der Waals surface area contributed by atoms with Crippen LogP contribution in [0.4, 0.5) is 0 Å². The van der Waals surface area contributed by atoms with E-state index < -0.39 is 0 Å². The van der Waals surface area contributed by atoms with Crippen molar-refractivity contribution in [2.75, 3.05) is 13.1 Å². The Morgan fingerprint density at radius 3 is 2.69 bits per heavy atom. The first-order valence-electron chi connectivity index (χ1n) is 4.63. The van der Waals surface area contributed by atoms with Crippen molar-refractivity contribution >= 4 is 5.91 Å². The number of piperidine rings is 1. The van der Waals surface area contributed by atoms with E-state index in [9.17, 15) is 9.90 Å². The molecule has 0 aromatic heterocycles. The summed E-state index contributed by atoms with van der Waals surface area (Å²) >= 11 is 0. The number of carbonyl (C=O) groups excluding carboxylic acids is 1. The lowest BCUT2D eigenvalue weighted by Gasteiger charge is -2.29. The Bertz CT molecular complexity index is 211. The highest BCUT2D eigenvalue weighted by molar-refractivity contribution is 5.76. The lowest BCUT2D eigenvalue weighted by molar-refractivity contribution is -0.133. The van der Waals surface area contributed by atoms with Crippen LogP contribution in [0.3, 0.4) is 0 Å². The van der Waals surface area contributed by atoms with E-state index in [4.69, 9.17) is 6.42 Å². The topological polar surface area (TPSA) is 40.5 Å². The van der Waals surface area contributed by atoms with Crippen molar-refractivity contribution in [3.05, 3.63) is 0 Å². The van der Waals surface area contributed by atoms with Crippen LogP contribution in [0.1, 0.15) is 25.7 Å². The second-order valence-corrected chi connectivity index (χ2v) is 3.32. The lowest BCUT2D eigenvalue weighted by Crippen LogP contribution is -2.39. The van der Waals surface area contributed by atoms with Crippen LogP contribution in [0, 0.1) is 12.3 Å². The minimum absolute atomic E-state index is 0.116. The summed E-state index contributed by atoms with van der Waals surface area (Å²) in [5, 5.41) is 9.21. The molecule has 1 fully saturated rings. The highest BCUT2D eigenvalue weighted by atomic mass is 16.3. The van der Waals surface area contributed by atoms with Gasteiger partial charge in [0.15, 0.2) is 0 Å². The molecular weight excluding hydrogens is 166 g/mol. The van der Waals surface area contributed by atoms with Crippen molar-refractivity contribution in [1.29, 1.82) is 0 Å². The fraction of sp³-hybridized carbons (Fsp3) is 0.700. The Morgan fingerprint density at radius 2 is 2.15 bits per heavy atom. The number of hydrogen-bond donors (Lipinski definition) is 1. The van der Waals surface area contributed by atoms with Crippen molar-refractivity contribution in [1.82, 2.24) is 4.90 Å². The van der Waals surface area contributed by atoms with Gasteiger partial charge in [-0.3, -0.25) is 4.79 Å². The zero-order chi connectivity index (χ0) is 9.68. The maximum absolute atomic E-state index is 11.4. The number of likely N-dealkylation sites (tertiary alicyclic amines) is 1. The van der Waals surface area contributed by atoms with Gasteiger partial charge in [-0.25, -0.2) is 0 Å². The van der Waals surface area contributed by atoms with E-state index in [0.717, 1.165) is 0 Å². The smallest absolute Gasteiger partial charge is 0.223 e. The zero-order valence-electron chi connectivity index (χ0n) is 7.70. The molecule has 0 aliphatic carbocycles. The van der Waals surface area contributed by atoms with Gasteiger partial charge in [-0.15, -0.1) is 12.3 Å². The molecule has 0 bridgehead atoms. The first-order valence-corrected chi connectivity index (χ1v) is 4.63. The maximum atomic E-state index is 11.4. The Kier molecular flexibility index (Phi) is 3.78. The second kappa shape index (κ2) is 4.88. The van der Waals surface area contributed by atoms with Crippen molar-refractivity contribution < 1.29 is 9.90 Å². The molecule has 0 aromatic carbocycles. The van der Waals surface area contributed by atoms with Gasteiger partial charge >= 0.3 is 0 Å². The first-order chi connectivity index (χ1) is 6.24. The van der Waals surface area contributed by atoms with E-state index in [1.54, 1.807) is 4.90 Å². The third kappa shape index (κ3) is 3.08. The molecule has 1 amide bonds. The summed E-state index contributed by atoms with van der Waals surface area (Å²) in [6, 6.07) is 0. The first kappa shape index (κ1) is 10.1. The number of hydrogen-bond acceptors (Lipinski definition) is 2. The zero-order valence-corrected chi connectivity index (χ0v) is 7.70. The van der Waals surface area contributed by atoms with Crippen LogP contribution in [0.15, 0.2) is 0 Å². The largest absolute Gasteiger partial charge is 0.393 e. The van der Waals surface area contributed by atoms with Crippen LogP contribution in [-0.2, 0) is 4.79 Å². The van der Waals surface area contributed by atoms with Crippen molar-refractivity contribution in [3.63, 3.8) is 0 Å². The summed E-state index contributed by atoms with van der Waals surface area (Å²) < 4.78 is 0. The molecule has 0 radical (unpaired) electrons. The number of terminal acetylenes is 1. The molecule has 1 rings (SSSR count). The third-order valence-electron chi connectivity index (χ3n) is 2.30. The van der Waals surface area contributed by atoms with Gasteiger partial charge in [-0.05, 0) is 12.8 Å². The van der Waals surface area contributed by atoms with Gasteiger partial charge in [-0.2, -0.15) is 0 Å². The van der Waals surface area contributed by atoms with Gasteiger partial charge < -0.3 is 10.0 Å². The van der Waals surface area contributed by atoms with Gasteiger partial charge in [0.2, 0.25) is 5.91 Å². The average Bonchev–Trinajstić information content (AvgIpc) is 2.15. The standard InChI is InChI=1S/C10H15NO2/c1-2-3-4-10(13)11-7-5-9(12)6-8-11/h1,9,12H,3-8H2. The molecule has 0 saturated carbocycles. The Hall–Kier alpha value is -1.01. The highest BCUT2D eigenvalue weighted by Gasteiger charge is 2.20. The molecule has 1 aliphatic heterocycles. The Balaban J connectivity index is 2.28. The summed E-state index contributed by atoms with van der Waals surface area (Å²) in [5.74, 6) is 2.57. The normalized spacial score (nSPS) is 18.3. The quantitative estimate of drug-likeness (QED) is 0.626. The fourth-order valence-electron chi connectivity index (χ4n) is 1.45. The number of aliphatic hydroxyl groups excluding tert-OH is 1. The molecule has 1 saturated heterocycles. The SMILES string of the molecule is C#CCCC(=O)N1CCC(O)CC1. The van der Waals surface area contributed by atoms with Gasteiger partial charge in [-0.1, -0.05) is 0 Å². The monoisotopic (exact) mass is 181 g/mol. The summed E-state index contributed by atoms with van der Waals surface area (Å²) in [5.41, 5.74) is 0. The molecule has 0 aromatic rings. The molecule has 3 heteroatoms. The molecule has 0 atom stereocenters.